The van der Waals surface area contributed by atoms with Gasteiger partial charge in [0.05, 0.1) is 5.69 Å². The Morgan fingerprint density at radius 3 is 2.48 bits per heavy atom. The summed E-state index contributed by atoms with van der Waals surface area (Å²) in [6, 6.07) is 5.36. The van der Waals surface area contributed by atoms with Gasteiger partial charge in [0.15, 0.2) is 5.78 Å². The molecule has 6 nitrogen and oxygen atoms in total. The quantitative estimate of drug-likeness (QED) is 0.874. The van der Waals surface area contributed by atoms with E-state index in [4.69, 9.17) is 4.74 Å². The van der Waals surface area contributed by atoms with Crippen molar-refractivity contribution in [3.05, 3.63) is 42.5 Å². The summed E-state index contributed by atoms with van der Waals surface area (Å²) in [6.07, 6.45) is 4.29. The number of rotatable bonds is 3. The first-order chi connectivity index (χ1) is 10.8. The largest absolute Gasteiger partial charge is 0.444 e. The molecule has 0 aliphatic rings. The van der Waals surface area contributed by atoms with E-state index >= 15 is 0 Å². The van der Waals surface area contributed by atoms with Gasteiger partial charge in [0, 0.05) is 36.6 Å². The van der Waals surface area contributed by atoms with Crippen molar-refractivity contribution in [3.63, 3.8) is 0 Å². The fraction of sp³-hybridized carbons (Fsp3) is 0.294. The lowest BCUT2D eigenvalue weighted by atomic mass is 10.1. The lowest BCUT2D eigenvalue weighted by Crippen LogP contribution is -2.27. The first kappa shape index (κ1) is 16.6. The molecule has 120 valence electrons. The minimum absolute atomic E-state index is 0.184. The normalized spacial score (nSPS) is 11.0. The van der Waals surface area contributed by atoms with Crippen LogP contribution in [0.15, 0.2) is 36.8 Å². The van der Waals surface area contributed by atoms with Gasteiger partial charge in [-0.2, -0.15) is 0 Å². The Bertz CT molecular complexity index is 722. The molecule has 0 bridgehead atoms. The topological polar surface area (TPSA) is 81.2 Å². The number of anilines is 1. The van der Waals surface area contributed by atoms with Gasteiger partial charge in [-0.1, -0.05) is 6.07 Å². The molecule has 2 aromatic heterocycles. The van der Waals surface area contributed by atoms with E-state index in [1.54, 1.807) is 51.5 Å². The molecule has 0 spiro atoms. The number of hydrogen-bond donors (Lipinski definition) is 1. The summed E-state index contributed by atoms with van der Waals surface area (Å²) in [5.41, 5.74) is 1.45. The number of carbonyl (C=O) groups is 2. The predicted molar refractivity (Wildman–Crippen MR) is 87.3 cm³/mol. The Morgan fingerprint density at radius 2 is 1.91 bits per heavy atom. The molecule has 2 aromatic rings. The van der Waals surface area contributed by atoms with E-state index in [1.807, 2.05) is 6.07 Å². The van der Waals surface area contributed by atoms with Crippen molar-refractivity contribution in [2.24, 2.45) is 0 Å². The fourth-order valence-corrected chi connectivity index (χ4v) is 1.95. The van der Waals surface area contributed by atoms with Crippen molar-refractivity contribution in [3.8, 4) is 11.1 Å². The van der Waals surface area contributed by atoms with Gasteiger partial charge in [0.1, 0.15) is 11.3 Å². The van der Waals surface area contributed by atoms with Gasteiger partial charge in [-0.25, -0.2) is 4.79 Å². The van der Waals surface area contributed by atoms with Crippen molar-refractivity contribution in [1.29, 1.82) is 0 Å². The van der Waals surface area contributed by atoms with Crippen LogP contribution in [0, 0.1) is 0 Å². The van der Waals surface area contributed by atoms with Gasteiger partial charge >= 0.3 is 6.09 Å². The van der Waals surface area contributed by atoms with Crippen LogP contribution in [-0.4, -0.2) is 27.4 Å². The second-order valence-electron chi connectivity index (χ2n) is 6.04. The van der Waals surface area contributed by atoms with Crippen molar-refractivity contribution < 1.29 is 14.3 Å². The molecule has 0 fully saturated rings. The first-order valence-electron chi connectivity index (χ1n) is 7.17. The SMILES string of the molecule is CC(=O)c1ncc(-c2cccnc2)cc1NC(=O)OC(C)(C)C. The van der Waals surface area contributed by atoms with E-state index in [-0.39, 0.29) is 11.5 Å². The van der Waals surface area contributed by atoms with Crippen LogP contribution in [0.2, 0.25) is 0 Å². The van der Waals surface area contributed by atoms with Crippen LogP contribution in [0.1, 0.15) is 38.2 Å². The summed E-state index contributed by atoms with van der Waals surface area (Å²) in [5, 5.41) is 2.59. The molecule has 23 heavy (non-hydrogen) atoms. The number of aromatic nitrogens is 2. The van der Waals surface area contributed by atoms with Crippen LogP contribution in [-0.2, 0) is 4.74 Å². The third-order valence-electron chi connectivity index (χ3n) is 2.85. The van der Waals surface area contributed by atoms with Crippen molar-refractivity contribution >= 4 is 17.6 Å². The zero-order valence-electron chi connectivity index (χ0n) is 13.6. The monoisotopic (exact) mass is 313 g/mol. The van der Waals surface area contributed by atoms with Crippen LogP contribution in [0.3, 0.4) is 0 Å². The van der Waals surface area contributed by atoms with Gasteiger partial charge in [-0.3, -0.25) is 20.1 Å². The standard InChI is InChI=1S/C17H19N3O3/c1-11(21)15-14(20-16(22)23-17(2,3)4)8-13(10-19-15)12-6-5-7-18-9-12/h5-10H,1-4H3,(H,20,22). The fourth-order valence-electron chi connectivity index (χ4n) is 1.95. The van der Waals surface area contributed by atoms with Crippen molar-refractivity contribution in [1.82, 2.24) is 9.97 Å². The van der Waals surface area contributed by atoms with E-state index in [0.717, 1.165) is 11.1 Å². The highest BCUT2D eigenvalue weighted by molar-refractivity contribution is 6.01. The summed E-state index contributed by atoms with van der Waals surface area (Å²) in [4.78, 5) is 31.9. The number of nitrogens with zero attached hydrogens (tertiary/aromatic N) is 2. The molecule has 0 unspecified atom stereocenters. The second kappa shape index (κ2) is 6.56. The molecule has 0 aliphatic heterocycles. The molecule has 2 heterocycles. The molecular weight excluding hydrogens is 294 g/mol. The molecule has 0 saturated heterocycles. The first-order valence-corrected chi connectivity index (χ1v) is 7.17. The zero-order valence-corrected chi connectivity index (χ0v) is 13.6. The van der Waals surface area contributed by atoms with Gasteiger partial charge < -0.3 is 4.74 Å². The number of amides is 1. The molecule has 0 aliphatic carbocycles. The number of carbonyl (C=O) groups excluding carboxylic acids is 2. The highest BCUT2D eigenvalue weighted by Gasteiger charge is 2.19. The molecule has 1 N–H and O–H groups in total. The summed E-state index contributed by atoms with van der Waals surface area (Å²) in [7, 11) is 0. The number of nitrogens with one attached hydrogen (secondary N) is 1. The average Bonchev–Trinajstić information content (AvgIpc) is 2.45. The van der Waals surface area contributed by atoms with Gasteiger partial charge in [-0.15, -0.1) is 0 Å². The third-order valence-corrected chi connectivity index (χ3v) is 2.85. The van der Waals surface area contributed by atoms with E-state index < -0.39 is 11.7 Å². The summed E-state index contributed by atoms with van der Waals surface area (Å²) in [5.74, 6) is -0.242. The Kier molecular flexibility index (Phi) is 4.74. The molecule has 0 atom stereocenters. The highest BCUT2D eigenvalue weighted by atomic mass is 16.6. The minimum atomic E-state index is -0.634. The Labute approximate surface area is 134 Å². The maximum Gasteiger partial charge on any atom is 0.412 e. The van der Waals surface area contributed by atoms with Crippen molar-refractivity contribution in [2.45, 2.75) is 33.3 Å². The van der Waals surface area contributed by atoms with Crippen LogP contribution in [0.4, 0.5) is 10.5 Å². The lowest BCUT2D eigenvalue weighted by Gasteiger charge is -2.20. The number of pyridine rings is 2. The molecular formula is C17H19N3O3. The Hall–Kier alpha value is -2.76. The van der Waals surface area contributed by atoms with Gasteiger partial charge in [0.2, 0.25) is 0 Å². The summed E-state index contributed by atoms with van der Waals surface area (Å²) in [6.45, 7) is 6.70. The minimum Gasteiger partial charge on any atom is -0.444 e. The number of ketones is 1. The van der Waals surface area contributed by atoms with Crippen LogP contribution in [0.25, 0.3) is 11.1 Å². The van der Waals surface area contributed by atoms with E-state index in [9.17, 15) is 9.59 Å². The summed E-state index contributed by atoms with van der Waals surface area (Å²) >= 11 is 0. The van der Waals surface area contributed by atoms with Crippen molar-refractivity contribution in [2.75, 3.05) is 5.32 Å². The number of ether oxygens (including phenoxy) is 1. The molecule has 0 aromatic carbocycles. The molecule has 6 heteroatoms. The number of hydrogen-bond acceptors (Lipinski definition) is 5. The Morgan fingerprint density at radius 1 is 1.17 bits per heavy atom. The van der Waals surface area contributed by atoms with Gasteiger partial charge in [-0.05, 0) is 32.9 Å². The maximum absolute atomic E-state index is 12.0. The smallest absolute Gasteiger partial charge is 0.412 e. The maximum atomic E-state index is 12.0. The Balaban J connectivity index is 2.35. The molecule has 0 radical (unpaired) electrons. The lowest BCUT2D eigenvalue weighted by molar-refractivity contribution is 0.0636. The van der Waals surface area contributed by atoms with Crippen LogP contribution < -0.4 is 5.32 Å². The molecule has 1 amide bonds. The number of Topliss-reactive ketones (excluding diaryl/α,β-unsaturated/α-hetero) is 1. The molecule has 0 saturated carbocycles. The highest BCUT2D eigenvalue weighted by Crippen LogP contribution is 2.24. The van der Waals surface area contributed by atoms with E-state index in [1.165, 1.54) is 6.92 Å². The van der Waals surface area contributed by atoms with Crippen LogP contribution >= 0.6 is 0 Å². The zero-order chi connectivity index (χ0) is 17.0. The van der Waals surface area contributed by atoms with Gasteiger partial charge in [0.25, 0.3) is 0 Å². The second-order valence-corrected chi connectivity index (χ2v) is 6.04. The summed E-state index contributed by atoms with van der Waals surface area (Å²) < 4.78 is 5.22. The predicted octanol–water partition coefficient (Wildman–Crippen LogP) is 3.69. The average molecular weight is 313 g/mol. The van der Waals surface area contributed by atoms with E-state index in [2.05, 4.69) is 15.3 Å². The van der Waals surface area contributed by atoms with Crippen LogP contribution in [0.5, 0.6) is 0 Å². The third kappa shape index (κ3) is 4.60. The molecule has 2 rings (SSSR count). The van der Waals surface area contributed by atoms with E-state index in [0.29, 0.717) is 5.69 Å².